The number of aromatic nitrogens is 1. The molecule has 15 heavy (non-hydrogen) atoms. The summed E-state index contributed by atoms with van der Waals surface area (Å²) in [5.41, 5.74) is 0. The Morgan fingerprint density at radius 1 is 1.53 bits per heavy atom. The SMILES string of the molecule is CCCN(CCBr)c1ncc(Cl)cc1F. The Balaban J connectivity index is 2.89. The van der Waals surface area contributed by atoms with Crippen LogP contribution >= 0.6 is 27.5 Å². The van der Waals surface area contributed by atoms with E-state index in [0.29, 0.717) is 10.8 Å². The fraction of sp³-hybridized carbons (Fsp3) is 0.500. The van der Waals surface area contributed by atoms with Gasteiger partial charge in [-0.3, -0.25) is 0 Å². The summed E-state index contributed by atoms with van der Waals surface area (Å²) in [6, 6.07) is 1.29. The minimum Gasteiger partial charge on any atom is -0.353 e. The van der Waals surface area contributed by atoms with Crippen LogP contribution in [0.2, 0.25) is 5.02 Å². The standard InChI is InChI=1S/C10H13BrClFN2/c1-2-4-15(5-3-11)10-9(13)6-8(12)7-14-10/h6-7H,2-5H2,1H3. The summed E-state index contributed by atoms with van der Waals surface area (Å²) < 4.78 is 13.5. The van der Waals surface area contributed by atoms with Crippen LogP contribution < -0.4 is 4.90 Å². The van der Waals surface area contributed by atoms with Gasteiger partial charge < -0.3 is 4.90 Å². The molecule has 0 fully saturated rings. The van der Waals surface area contributed by atoms with Crippen LogP contribution in [0.3, 0.4) is 0 Å². The molecule has 0 amide bonds. The van der Waals surface area contributed by atoms with Crippen molar-refractivity contribution in [3.63, 3.8) is 0 Å². The average Bonchev–Trinajstić information content (AvgIpc) is 2.17. The molecule has 0 aliphatic carbocycles. The van der Waals surface area contributed by atoms with E-state index in [9.17, 15) is 4.39 Å². The number of anilines is 1. The first-order chi connectivity index (χ1) is 7.19. The highest BCUT2D eigenvalue weighted by Crippen LogP contribution is 2.19. The van der Waals surface area contributed by atoms with Gasteiger partial charge in [0.1, 0.15) is 0 Å². The van der Waals surface area contributed by atoms with E-state index >= 15 is 0 Å². The van der Waals surface area contributed by atoms with Crippen molar-refractivity contribution in [2.45, 2.75) is 13.3 Å². The molecule has 0 bridgehead atoms. The van der Waals surface area contributed by atoms with E-state index < -0.39 is 0 Å². The average molecular weight is 296 g/mol. The Morgan fingerprint density at radius 2 is 2.27 bits per heavy atom. The van der Waals surface area contributed by atoms with E-state index in [1.165, 1.54) is 12.3 Å². The molecule has 1 heterocycles. The third kappa shape index (κ3) is 3.61. The molecule has 0 saturated carbocycles. The van der Waals surface area contributed by atoms with Gasteiger partial charge in [0, 0.05) is 24.6 Å². The summed E-state index contributed by atoms with van der Waals surface area (Å²) in [7, 11) is 0. The van der Waals surface area contributed by atoms with Gasteiger partial charge in [-0.25, -0.2) is 9.37 Å². The zero-order valence-electron chi connectivity index (χ0n) is 8.51. The number of pyridine rings is 1. The van der Waals surface area contributed by atoms with E-state index in [2.05, 4.69) is 27.8 Å². The molecule has 0 N–H and O–H groups in total. The molecule has 1 rings (SSSR count). The summed E-state index contributed by atoms with van der Waals surface area (Å²) in [5, 5.41) is 1.11. The van der Waals surface area contributed by atoms with Gasteiger partial charge in [-0.15, -0.1) is 0 Å². The van der Waals surface area contributed by atoms with Crippen molar-refractivity contribution < 1.29 is 4.39 Å². The van der Waals surface area contributed by atoms with Gasteiger partial charge >= 0.3 is 0 Å². The zero-order chi connectivity index (χ0) is 11.3. The second-order valence-electron chi connectivity index (χ2n) is 3.13. The van der Waals surface area contributed by atoms with Crippen molar-refractivity contribution in [1.82, 2.24) is 4.98 Å². The fourth-order valence-corrected chi connectivity index (χ4v) is 1.91. The van der Waals surface area contributed by atoms with Crippen LogP contribution in [0.25, 0.3) is 0 Å². The monoisotopic (exact) mass is 294 g/mol. The molecule has 0 spiro atoms. The van der Waals surface area contributed by atoms with Gasteiger partial charge in [0.15, 0.2) is 11.6 Å². The molecule has 0 saturated heterocycles. The van der Waals surface area contributed by atoms with Crippen molar-refractivity contribution >= 4 is 33.3 Å². The molecule has 1 aromatic heterocycles. The Hall–Kier alpha value is -0.350. The number of hydrogen-bond acceptors (Lipinski definition) is 2. The largest absolute Gasteiger partial charge is 0.353 e. The lowest BCUT2D eigenvalue weighted by Crippen LogP contribution is -2.28. The van der Waals surface area contributed by atoms with Gasteiger partial charge in [0.2, 0.25) is 0 Å². The van der Waals surface area contributed by atoms with Crippen LogP contribution in [-0.2, 0) is 0 Å². The number of halogens is 3. The van der Waals surface area contributed by atoms with Gasteiger partial charge in [-0.05, 0) is 12.5 Å². The fourth-order valence-electron chi connectivity index (χ4n) is 1.34. The second kappa shape index (κ2) is 6.28. The number of nitrogens with zero attached hydrogens (tertiary/aromatic N) is 2. The van der Waals surface area contributed by atoms with Crippen LogP contribution in [0.15, 0.2) is 12.3 Å². The lowest BCUT2D eigenvalue weighted by Gasteiger charge is -2.22. The molecule has 0 unspecified atom stereocenters. The van der Waals surface area contributed by atoms with Crippen molar-refractivity contribution in [1.29, 1.82) is 0 Å². The highest BCUT2D eigenvalue weighted by atomic mass is 79.9. The Labute approximate surface area is 103 Å². The predicted octanol–water partition coefficient (Wildman–Crippen LogP) is 3.49. The summed E-state index contributed by atoms with van der Waals surface area (Å²) in [5.74, 6) is 0.0117. The van der Waals surface area contributed by atoms with E-state index in [4.69, 9.17) is 11.6 Å². The zero-order valence-corrected chi connectivity index (χ0v) is 10.9. The van der Waals surface area contributed by atoms with Crippen LogP contribution in [0.1, 0.15) is 13.3 Å². The second-order valence-corrected chi connectivity index (χ2v) is 4.36. The molecular weight excluding hydrogens is 282 g/mol. The predicted molar refractivity (Wildman–Crippen MR) is 65.5 cm³/mol. The van der Waals surface area contributed by atoms with E-state index in [-0.39, 0.29) is 5.82 Å². The van der Waals surface area contributed by atoms with Crippen molar-refractivity contribution in [3.05, 3.63) is 23.1 Å². The van der Waals surface area contributed by atoms with E-state index in [1.54, 1.807) is 0 Å². The quantitative estimate of drug-likeness (QED) is 0.773. The van der Waals surface area contributed by atoms with Gasteiger partial charge in [-0.1, -0.05) is 34.5 Å². The molecule has 1 aromatic rings. The molecule has 2 nitrogen and oxygen atoms in total. The molecule has 0 aliphatic rings. The van der Waals surface area contributed by atoms with Gasteiger partial charge in [0.05, 0.1) is 5.02 Å². The smallest absolute Gasteiger partial charge is 0.167 e. The first-order valence-corrected chi connectivity index (χ1v) is 6.31. The molecule has 5 heteroatoms. The summed E-state index contributed by atoms with van der Waals surface area (Å²) in [6.07, 6.45) is 2.42. The van der Waals surface area contributed by atoms with Crippen LogP contribution in [0.4, 0.5) is 10.2 Å². The van der Waals surface area contributed by atoms with Crippen molar-refractivity contribution in [2.24, 2.45) is 0 Å². The van der Waals surface area contributed by atoms with Crippen LogP contribution in [0, 0.1) is 5.82 Å². The Kier molecular flexibility index (Phi) is 5.32. The highest BCUT2D eigenvalue weighted by molar-refractivity contribution is 9.09. The van der Waals surface area contributed by atoms with Crippen LogP contribution in [-0.4, -0.2) is 23.4 Å². The molecule has 0 radical (unpaired) electrons. The third-order valence-corrected chi connectivity index (χ3v) is 2.50. The number of alkyl halides is 1. The van der Waals surface area contributed by atoms with Gasteiger partial charge in [-0.2, -0.15) is 0 Å². The van der Waals surface area contributed by atoms with Crippen molar-refractivity contribution in [3.8, 4) is 0 Å². The summed E-state index contributed by atoms with van der Waals surface area (Å²) in [6.45, 7) is 3.57. The molecule has 84 valence electrons. The summed E-state index contributed by atoms with van der Waals surface area (Å²) >= 11 is 8.98. The maximum absolute atomic E-state index is 13.5. The number of hydrogen-bond donors (Lipinski definition) is 0. The minimum absolute atomic E-state index is 0.326. The minimum atomic E-state index is -0.364. The lowest BCUT2D eigenvalue weighted by atomic mass is 10.3. The first-order valence-electron chi connectivity index (χ1n) is 4.81. The lowest BCUT2D eigenvalue weighted by molar-refractivity contribution is 0.609. The molecule has 0 aromatic carbocycles. The maximum atomic E-state index is 13.5. The Morgan fingerprint density at radius 3 is 2.80 bits per heavy atom. The van der Waals surface area contributed by atoms with Crippen molar-refractivity contribution in [2.75, 3.05) is 23.3 Å². The highest BCUT2D eigenvalue weighted by Gasteiger charge is 2.12. The third-order valence-electron chi connectivity index (χ3n) is 1.94. The number of rotatable bonds is 5. The van der Waals surface area contributed by atoms with E-state index in [1.807, 2.05) is 4.90 Å². The molecule has 0 atom stereocenters. The maximum Gasteiger partial charge on any atom is 0.167 e. The normalized spacial score (nSPS) is 10.4. The van der Waals surface area contributed by atoms with Gasteiger partial charge in [0.25, 0.3) is 0 Å². The molecule has 0 aliphatic heterocycles. The van der Waals surface area contributed by atoms with Crippen LogP contribution in [0.5, 0.6) is 0 Å². The summed E-state index contributed by atoms with van der Waals surface area (Å²) in [4.78, 5) is 5.92. The molecular formula is C10H13BrClFN2. The topological polar surface area (TPSA) is 16.1 Å². The van der Waals surface area contributed by atoms with E-state index in [0.717, 1.165) is 24.8 Å². The first kappa shape index (κ1) is 12.7. The Bertz CT molecular complexity index is 316.